The molecular formula is C14H16N2O3S. The first-order valence-corrected chi connectivity index (χ1v) is 8.04. The second kappa shape index (κ2) is 5.12. The highest BCUT2D eigenvalue weighted by molar-refractivity contribution is 7.89. The number of aliphatic hydroxyl groups excluding tert-OH is 1. The Balaban J connectivity index is 2.09. The summed E-state index contributed by atoms with van der Waals surface area (Å²) in [5.41, 5.74) is 0. The number of benzene rings is 1. The minimum Gasteiger partial charge on any atom is -0.392 e. The van der Waals surface area contributed by atoms with Gasteiger partial charge < -0.3 is 5.11 Å². The molecule has 1 N–H and O–H groups in total. The Bertz CT molecular complexity index is 725. The molecule has 1 aliphatic rings. The Labute approximate surface area is 117 Å². The van der Waals surface area contributed by atoms with E-state index in [1.807, 2.05) is 6.07 Å². The van der Waals surface area contributed by atoms with E-state index >= 15 is 0 Å². The van der Waals surface area contributed by atoms with Gasteiger partial charge in [0.05, 0.1) is 11.0 Å². The largest absolute Gasteiger partial charge is 0.392 e. The van der Waals surface area contributed by atoms with Crippen LogP contribution in [0.3, 0.4) is 0 Å². The van der Waals surface area contributed by atoms with Gasteiger partial charge in [0, 0.05) is 36.3 Å². The average Bonchev–Trinajstić information content (AvgIpc) is 2.46. The molecule has 1 saturated heterocycles. The van der Waals surface area contributed by atoms with Crippen LogP contribution in [0.1, 0.15) is 12.8 Å². The number of β-amino-alcohol motifs (C(OH)–C–C–N with tert-alkyl or cyclic N) is 1. The Hall–Kier alpha value is -1.50. The standard InChI is InChI=1S/C14H16N2O3S/c17-12-4-2-8-16(10-12)20(18,19)14-5-1-3-11-9-15-7-6-13(11)14/h1,3,5-7,9,12,17H,2,4,8,10H2/t12-/m0/s1. The topological polar surface area (TPSA) is 70.5 Å². The number of nitrogens with zero attached hydrogens (tertiary/aromatic N) is 2. The number of sulfonamides is 1. The summed E-state index contributed by atoms with van der Waals surface area (Å²) >= 11 is 0. The van der Waals surface area contributed by atoms with Crippen molar-refractivity contribution in [2.45, 2.75) is 23.8 Å². The van der Waals surface area contributed by atoms with Gasteiger partial charge in [0.15, 0.2) is 0 Å². The van der Waals surface area contributed by atoms with Gasteiger partial charge in [-0.15, -0.1) is 0 Å². The van der Waals surface area contributed by atoms with Crippen molar-refractivity contribution >= 4 is 20.8 Å². The lowest BCUT2D eigenvalue weighted by Crippen LogP contribution is -2.42. The highest BCUT2D eigenvalue weighted by Crippen LogP contribution is 2.27. The number of aromatic nitrogens is 1. The molecule has 0 amide bonds. The first kappa shape index (κ1) is 13.5. The van der Waals surface area contributed by atoms with Crippen LogP contribution in [0, 0.1) is 0 Å². The fourth-order valence-corrected chi connectivity index (χ4v) is 4.33. The molecule has 1 aromatic heterocycles. The van der Waals surface area contributed by atoms with Gasteiger partial charge in [-0.1, -0.05) is 12.1 Å². The van der Waals surface area contributed by atoms with E-state index in [0.29, 0.717) is 24.8 Å². The number of fused-ring (bicyclic) bond motifs is 1. The predicted octanol–water partition coefficient (Wildman–Crippen LogP) is 1.38. The van der Waals surface area contributed by atoms with Crippen molar-refractivity contribution in [2.75, 3.05) is 13.1 Å². The summed E-state index contributed by atoms with van der Waals surface area (Å²) < 4.78 is 26.9. The average molecular weight is 292 g/mol. The van der Waals surface area contributed by atoms with Crippen LogP contribution in [-0.2, 0) is 10.0 Å². The zero-order valence-corrected chi connectivity index (χ0v) is 11.8. The van der Waals surface area contributed by atoms with Crippen molar-refractivity contribution in [3.63, 3.8) is 0 Å². The van der Waals surface area contributed by atoms with E-state index in [4.69, 9.17) is 0 Å². The van der Waals surface area contributed by atoms with E-state index in [1.54, 1.807) is 30.6 Å². The van der Waals surface area contributed by atoms with Crippen molar-refractivity contribution in [1.29, 1.82) is 0 Å². The predicted molar refractivity (Wildman–Crippen MR) is 75.7 cm³/mol. The summed E-state index contributed by atoms with van der Waals surface area (Å²) in [7, 11) is -3.58. The maximum atomic E-state index is 12.7. The third kappa shape index (κ3) is 2.30. The van der Waals surface area contributed by atoms with E-state index in [-0.39, 0.29) is 11.4 Å². The van der Waals surface area contributed by atoms with Gasteiger partial charge in [0.1, 0.15) is 0 Å². The third-order valence-corrected chi connectivity index (χ3v) is 5.54. The first-order chi connectivity index (χ1) is 9.59. The van der Waals surface area contributed by atoms with Crippen LogP contribution in [-0.4, -0.2) is 42.0 Å². The molecule has 0 aliphatic carbocycles. The van der Waals surface area contributed by atoms with Crippen LogP contribution in [0.4, 0.5) is 0 Å². The molecule has 0 unspecified atom stereocenters. The van der Waals surface area contributed by atoms with Crippen molar-refractivity contribution in [2.24, 2.45) is 0 Å². The Kier molecular flexibility index (Phi) is 3.45. The lowest BCUT2D eigenvalue weighted by molar-refractivity contribution is 0.108. The molecular weight excluding hydrogens is 276 g/mol. The maximum absolute atomic E-state index is 12.7. The molecule has 1 aliphatic heterocycles. The number of piperidine rings is 1. The van der Waals surface area contributed by atoms with Gasteiger partial charge in [0.25, 0.3) is 0 Å². The highest BCUT2D eigenvalue weighted by Gasteiger charge is 2.30. The summed E-state index contributed by atoms with van der Waals surface area (Å²) in [6.45, 7) is 0.630. The van der Waals surface area contributed by atoms with Crippen molar-refractivity contribution in [3.8, 4) is 0 Å². The summed E-state index contributed by atoms with van der Waals surface area (Å²) in [5.74, 6) is 0. The summed E-state index contributed by atoms with van der Waals surface area (Å²) in [6, 6.07) is 6.88. The summed E-state index contributed by atoms with van der Waals surface area (Å²) in [6.07, 6.45) is 4.01. The van der Waals surface area contributed by atoms with E-state index in [2.05, 4.69) is 4.98 Å². The molecule has 0 bridgehead atoms. The highest BCUT2D eigenvalue weighted by atomic mass is 32.2. The fourth-order valence-electron chi connectivity index (χ4n) is 2.60. The molecule has 20 heavy (non-hydrogen) atoms. The van der Waals surface area contributed by atoms with Crippen LogP contribution >= 0.6 is 0 Å². The zero-order valence-electron chi connectivity index (χ0n) is 10.9. The van der Waals surface area contributed by atoms with Crippen LogP contribution in [0.5, 0.6) is 0 Å². The quantitative estimate of drug-likeness (QED) is 0.908. The molecule has 0 radical (unpaired) electrons. The van der Waals surface area contributed by atoms with Crippen molar-refractivity contribution in [3.05, 3.63) is 36.7 Å². The van der Waals surface area contributed by atoms with Gasteiger partial charge >= 0.3 is 0 Å². The molecule has 1 atom stereocenters. The maximum Gasteiger partial charge on any atom is 0.243 e. The lowest BCUT2D eigenvalue weighted by atomic mass is 10.1. The number of hydrogen-bond acceptors (Lipinski definition) is 4. The van der Waals surface area contributed by atoms with Gasteiger partial charge in [-0.25, -0.2) is 8.42 Å². The van der Waals surface area contributed by atoms with Crippen molar-refractivity contribution < 1.29 is 13.5 Å². The second-order valence-corrected chi connectivity index (χ2v) is 6.92. The van der Waals surface area contributed by atoms with Crippen LogP contribution in [0.25, 0.3) is 10.8 Å². The minimum atomic E-state index is -3.58. The molecule has 6 heteroatoms. The minimum absolute atomic E-state index is 0.170. The lowest BCUT2D eigenvalue weighted by Gasteiger charge is -2.29. The fraction of sp³-hybridized carbons (Fsp3) is 0.357. The van der Waals surface area contributed by atoms with E-state index in [1.165, 1.54) is 4.31 Å². The summed E-state index contributed by atoms with van der Waals surface area (Å²) in [5, 5.41) is 11.2. The molecule has 2 heterocycles. The zero-order chi connectivity index (χ0) is 14.2. The molecule has 5 nitrogen and oxygen atoms in total. The SMILES string of the molecule is O=S(=O)(c1cccc2cnccc12)N1CCC[C@H](O)C1. The number of rotatable bonds is 2. The van der Waals surface area contributed by atoms with Crippen LogP contribution in [0.15, 0.2) is 41.6 Å². The molecule has 1 aromatic carbocycles. The molecule has 0 spiro atoms. The normalized spacial score (nSPS) is 21.1. The van der Waals surface area contributed by atoms with E-state index in [9.17, 15) is 13.5 Å². The molecule has 1 fully saturated rings. The number of pyridine rings is 1. The molecule has 0 saturated carbocycles. The smallest absolute Gasteiger partial charge is 0.243 e. The third-order valence-electron chi connectivity index (χ3n) is 3.62. The Morgan fingerprint density at radius 2 is 2.15 bits per heavy atom. The van der Waals surface area contributed by atoms with Gasteiger partial charge in [-0.05, 0) is 25.0 Å². The van der Waals surface area contributed by atoms with Gasteiger partial charge in [0.2, 0.25) is 10.0 Å². The van der Waals surface area contributed by atoms with Gasteiger partial charge in [-0.2, -0.15) is 4.31 Å². The van der Waals surface area contributed by atoms with Crippen molar-refractivity contribution in [1.82, 2.24) is 9.29 Å². The van der Waals surface area contributed by atoms with Gasteiger partial charge in [-0.3, -0.25) is 4.98 Å². The van der Waals surface area contributed by atoms with E-state index < -0.39 is 16.1 Å². The second-order valence-electron chi connectivity index (χ2n) is 5.01. The number of aliphatic hydroxyl groups is 1. The van der Waals surface area contributed by atoms with E-state index in [0.717, 1.165) is 5.39 Å². The number of hydrogen-bond donors (Lipinski definition) is 1. The molecule has 3 rings (SSSR count). The first-order valence-electron chi connectivity index (χ1n) is 6.60. The summed E-state index contributed by atoms with van der Waals surface area (Å²) in [4.78, 5) is 4.30. The van der Waals surface area contributed by atoms with Crippen LogP contribution < -0.4 is 0 Å². The van der Waals surface area contributed by atoms with Crippen LogP contribution in [0.2, 0.25) is 0 Å². The Morgan fingerprint density at radius 3 is 2.95 bits per heavy atom. The molecule has 2 aromatic rings. The monoisotopic (exact) mass is 292 g/mol. The Morgan fingerprint density at radius 1 is 1.30 bits per heavy atom. The molecule has 106 valence electrons.